The topological polar surface area (TPSA) is 66.4 Å². The second-order valence-corrected chi connectivity index (χ2v) is 3.02. The van der Waals surface area contributed by atoms with Crippen LogP contribution in [-0.2, 0) is 4.79 Å². The Balaban J connectivity index is 3.14. The van der Waals surface area contributed by atoms with E-state index in [2.05, 4.69) is 5.32 Å². The lowest BCUT2D eigenvalue weighted by molar-refractivity contribution is -0.114. The van der Waals surface area contributed by atoms with Gasteiger partial charge in [-0.3, -0.25) is 9.59 Å². The summed E-state index contributed by atoms with van der Waals surface area (Å²) in [4.78, 5) is 21.3. The molecular weight excluding hydrogens is 182 g/mol. The van der Waals surface area contributed by atoms with Gasteiger partial charge in [-0.25, -0.2) is 0 Å². The van der Waals surface area contributed by atoms with E-state index in [1.807, 2.05) is 0 Å². The van der Waals surface area contributed by atoms with Gasteiger partial charge in [0.05, 0.1) is 5.69 Å². The molecule has 0 heterocycles. The van der Waals surface area contributed by atoms with E-state index in [1.165, 1.54) is 13.0 Å². The molecule has 0 aliphatic carbocycles. The Morgan fingerprint density at radius 3 is 2.64 bits per heavy atom. The Labute approximate surface area is 81.6 Å². The van der Waals surface area contributed by atoms with Gasteiger partial charge in [-0.1, -0.05) is 0 Å². The van der Waals surface area contributed by atoms with Crippen molar-refractivity contribution < 1.29 is 14.7 Å². The molecule has 1 aromatic carbocycles. The quantitative estimate of drug-likeness (QED) is 0.552. The summed E-state index contributed by atoms with van der Waals surface area (Å²) >= 11 is 0. The number of aldehydes is 1. The number of hydrogen-bond donors (Lipinski definition) is 2. The number of aromatic hydroxyl groups is 1. The van der Waals surface area contributed by atoms with Crippen molar-refractivity contribution in [2.75, 3.05) is 5.32 Å². The number of amides is 1. The van der Waals surface area contributed by atoms with Crippen molar-refractivity contribution in [2.45, 2.75) is 13.8 Å². The average molecular weight is 193 g/mol. The van der Waals surface area contributed by atoms with Crippen molar-refractivity contribution in [3.05, 3.63) is 23.3 Å². The van der Waals surface area contributed by atoms with Crippen LogP contribution in [0.3, 0.4) is 0 Å². The first kappa shape index (κ1) is 10.2. The number of carbonyl (C=O) groups is 2. The molecule has 0 unspecified atom stereocenters. The third-order valence-electron chi connectivity index (χ3n) is 1.82. The summed E-state index contributed by atoms with van der Waals surface area (Å²) in [5.41, 5.74) is 1.44. The summed E-state index contributed by atoms with van der Waals surface area (Å²) in [6.07, 6.45) is 0.659. The van der Waals surface area contributed by atoms with E-state index >= 15 is 0 Å². The van der Waals surface area contributed by atoms with Crippen molar-refractivity contribution in [1.82, 2.24) is 0 Å². The van der Waals surface area contributed by atoms with Gasteiger partial charge in [-0.05, 0) is 24.6 Å². The molecule has 0 atom stereocenters. The summed E-state index contributed by atoms with van der Waals surface area (Å²) in [5, 5.41) is 11.9. The standard InChI is InChI=1S/C10H11NO3/c1-6-3-9(11-7(2)13)10(14)4-8(6)5-12/h3-5,14H,1-2H3,(H,11,13). The molecule has 0 aromatic heterocycles. The van der Waals surface area contributed by atoms with Crippen LogP contribution in [0.2, 0.25) is 0 Å². The molecule has 0 saturated heterocycles. The van der Waals surface area contributed by atoms with E-state index in [-0.39, 0.29) is 11.7 Å². The monoisotopic (exact) mass is 193 g/mol. The molecule has 0 aliphatic heterocycles. The normalized spacial score (nSPS) is 9.57. The van der Waals surface area contributed by atoms with Crippen molar-refractivity contribution in [3.63, 3.8) is 0 Å². The summed E-state index contributed by atoms with van der Waals surface area (Å²) in [6, 6.07) is 2.88. The van der Waals surface area contributed by atoms with Gasteiger partial charge < -0.3 is 10.4 Å². The lowest BCUT2D eigenvalue weighted by Crippen LogP contribution is -2.06. The number of nitrogens with one attached hydrogen (secondary N) is 1. The minimum absolute atomic E-state index is 0.104. The van der Waals surface area contributed by atoms with Crippen LogP contribution in [0.1, 0.15) is 22.8 Å². The Morgan fingerprint density at radius 2 is 2.14 bits per heavy atom. The first-order chi connectivity index (χ1) is 6.54. The number of anilines is 1. The Hall–Kier alpha value is -1.84. The predicted molar refractivity (Wildman–Crippen MR) is 52.5 cm³/mol. The van der Waals surface area contributed by atoms with Gasteiger partial charge in [-0.15, -0.1) is 0 Å². The largest absolute Gasteiger partial charge is 0.506 e. The third-order valence-corrected chi connectivity index (χ3v) is 1.82. The first-order valence-corrected chi connectivity index (χ1v) is 4.11. The van der Waals surface area contributed by atoms with Crippen molar-refractivity contribution >= 4 is 17.9 Å². The average Bonchev–Trinajstić information content (AvgIpc) is 2.10. The van der Waals surface area contributed by atoms with Crippen LogP contribution >= 0.6 is 0 Å². The lowest BCUT2D eigenvalue weighted by atomic mass is 10.1. The zero-order valence-electron chi connectivity index (χ0n) is 8.00. The number of phenolic OH excluding ortho intramolecular Hbond substituents is 1. The Kier molecular flexibility index (Phi) is 2.86. The minimum Gasteiger partial charge on any atom is -0.506 e. The molecular formula is C10H11NO3. The molecule has 1 aromatic rings. The van der Waals surface area contributed by atoms with E-state index in [1.54, 1.807) is 13.0 Å². The fourth-order valence-corrected chi connectivity index (χ4v) is 1.13. The predicted octanol–water partition coefficient (Wildman–Crippen LogP) is 1.47. The van der Waals surface area contributed by atoms with Gasteiger partial charge >= 0.3 is 0 Å². The zero-order valence-corrected chi connectivity index (χ0v) is 8.00. The van der Waals surface area contributed by atoms with Gasteiger partial charge in [-0.2, -0.15) is 0 Å². The van der Waals surface area contributed by atoms with E-state index < -0.39 is 0 Å². The Bertz CT molecular complexity index is 385. The number of hydrogen-bond acceptors (Lipinski definition) is 3. The van der Waals surface area contributed by atoms with Gasteiger partial charge in [0.1, 0.15) is 12.0 Å². The van der Waals surface area contributed by atoms with Crippen molar-refractivity contribution in [2.24, 2.45) is 0 Å². The SMILES string of the molecule is CC(=O)Nc1cc(C)c(C=O)cc1O. The molecule has 1 rings (SSSR count). The highest BCUT2D eigenvalue weighted by atomic mass is 16.3. The van der Waals surface area contributed by atoms with Crippen LogP contribution in [-0.4, -0.2) is 17.3 Å². The third kappa shape index (κ3) is 2.10. The van der Waals surface area contributed by atoms with E-state index in [9.17, 15) is 14.7 Å². The second kappa shape index (κ2) is 3.91. The van der Waals surface area contributed by atoms with E-state index in [0.717, 1.165) is 0 Å². The number of benzene rings is 1. The van der Waals surface area contributed by atoms with Gasteiger partial charge in [0, 0.05) is 12.5 Å². The van der Waals surface area contributed by atoms with Crippen LogP contribution in [0.15, 0.2) is 12.1 Å². The van der Waals surface area contributed by atoms with Crippen LogP contribution in [0.4, 0.5) is 5.69 Å². The number of carbonyl (C=O) groups excluding carboxylic acids is 2. The van der Waals surface area contributed by atoms with Crippen LogP contribution < -0.4 is 5.32 Å². The maximum atomic E-state index is 10.7. The molecule has 0 bridgehead atoms. The fraction of sp³-hybridized carbons (Fsp3) is 0.200. The molecule has 0 saturated carbocycles. The number of aryl methyl sites for hydroxylation is 1. The first-order valence-electron chi connectivity index (χ1n) is 4.11. The van der Waals surface area contributed by atoms with Crippen LogP contribution in [0, 0.1) is 6.92 Å². The van der Waals surface area contributed by atoms with Crippen LogP contribution in [0.25, 0.3) is 0 Å². The summed E-state index contributed by atoms with van der Waals surface area (Å²) in [7, 11) is 0. The van der Waals surface area contributed by atoms with Gasteiger partial charge in [0.2, 0.25) is 5.91 Å². The maximum Gasteiger partial charge on any atom is 0.221 e. The zero-order chi connectivity index (χ0) is 10.7. The number of rotatable bonds is 2. The molecule has 14 heavy (non-hydrogen) atoms. The van der Waals surface area contributed by atoms with Crippen LogP contribution in [0.5, 0.6) is 5.75 Å². The molecule has 2 N–H and O–H groups in total. The van der Waals surface area contributed by atoms with E-state index in [4.69, 9.17) is 0 Å². The van der Waals surface area contributed by atoms with Gasteiger partial charge in [0.25, 0.3) is 0 Å². The summed E-state index contributed by atoms with van der Waals surface area (Å²) < 4.78 is 0. The molecule has 1 amide bonds. The smallest absolute Gasteiger partial charge is 0.221 e. The molecule has 4 heteroatoms. The molecule has 0 radical (unpaired) electrons. The molecule has 0 fully saturated rings. The minimum atomic E-state index is -0.265. The van der Waals surface area contributed by atoms with E-state index in [0.29, 0.717) is 23.1 Å². The molecule has 0 spiro atoms. The fourth-order valence-electron chi connectivity index (χ4n) is 1.13. The molecule has 0 aliphatic rings. The van der Waals surface area contributed by atoms with Crippen molar-refractivity contribution in [3.8, 4) is 5.75 Å². The maximum absolute atomic E-state index is 10.7. The van der Waals surface area contributed by atoms with Crippen molar-refractivity contribution in [1.29, 1.82) is 0 Å². The summed E-state index contributed by atoms with van der Waals surface area (Å²) in [6.45, 7) is 3.08. The molecule has 4 nitrogen and oxygen atoms in total. The highest BCUT2D eigenvalue weighted by Crippen LogP contribution is 2.26. The highest BCUT2D eigenvalue weighted by molar-refractivity contribution is 5.91. The molecule has 74 valence electrons. The Morgan fingerprint density at radius 1 is 1.50 bits per heavy atom. The lowest BCUT2D eigenvalue weighted by Gasteiger charge is -2.07. The second-order valence-electron chi connectivity index (χ2n) is 3.02. The summed E-state index contributed by atoms with van der Waals surface area (Å²) in [5.74, 6) is -0.369. The van der Waals surface area contributed by atoms with Gasteiger partial charge in [0.15, 0.2) is 0 Å². The highest BCUT2D eigenvalue weighted by Gasteiger charge is 2.06. The number of phenols is 1.